The van der Waals surface area contributed by atoms with Crippen LogP contribution in [0, 0.1) is 0 Å². The van der Waals surface area contributed by atoms with Crippen molar-refractivity contribution < 1.29 is 58.3 Å². The van der Waals surface area contributed by atoms with E-state index >= 15 is 0 Å². The number of hydrogen-bond acceptors (Lipinski definition) is 11. The van der Waals surface area contributed by atoms with Gasteiger partial charge in [0, 0.05) is 13.0 Å². The van der Waals surface area contributed by atoms with E-state index < -0.39 is 63.1 Å². The van der Waals surface area contributed by atoms with Gasteiger partial charge in [0.25, 0.3) is 0 Å². The average Bonchev–Trinajstić information content (AvgIpc) is 3.15. The fraction of sp³-hybridized carbons (Fsp3) is 0.829. The van der Waals surface area contributed by atoms with Crippen molar-refractivity contribution in [2.45, 2.75) is 198 Å². The summed E-state index contributed by atoms with van der Waals surface area (Å²) in [5, 5.41) is 50.0. The standard InChI is InChI=1S/C41H75O12P/c1-3-5-7-9-11-13-15-16-17-18-19-21-23-25-27-29-31-50-32-34(52-35(42)30-28-26-24-22-20-14-12-10-8-6-4-2)33-51-54(48,49)53-41-39(46)37(44)36(43)38(45)40(41)47/h10-13,16-17,34,36-41,43-47H,3-9,14-15,18-33H2,1-2H3,(H,48,49)/b12-10-,13-11-,17-16-. The smallest absolute Gasteiger partial charge is 0.457 e. The van der Waals surface area contributed by atoms with Crippen molar-refractivity contribution in [2.24, 2.45) is 0 Å². The monoisotopic (exact) mass is 790 g/mol. The average molecular weight is 791 g/mol. The second-order valence-corrected chi connectivity index (χ2v) is 15.9. The molecule has 1 aliphatic rings. The first-order valence-corrected chi connectivity index (χ1v) is 22.3. The second kappa shape index (κ2) is 32.6. The van der Waals surface area contributed by atoms with Gasteiger partial charge in [-0.1, -0.05) is 121 Å². The lowest BCUT2D eigenvalue weighted by Crippen LogP contribution is -2.64. The SMILES string of the molecule is CCCC/C=C\CCCCCCCC(=O)OC(COCCCCCCCC/C=C\C/C=C\CCCCC)COP(=O)(O)OC1C(O)C(O)C(O)C(O)C1O. The van der Waals surface area contributed by atoms with E-state index in [1.165, 1.54) is 44.9 Å². The molecule has 1 fully saturated rings. The Morgan fingerprint density at radius 3 is 1.63 bits per heavy atom. The molecule has 0 aromatic rings. The van der Waals surface area contributed by atoms with Gasteiger partial charge in [-0.25, -0.2) is 4.57 Å². The lowest BCUT2D eigenvalue weighted by molar-refractivity contribution is -0.220. The summed E-state index contributed by atoms with van der Waals surface area (Å²) in [5.41, 5.74) is 0. The molecule has 6 N–H and O–H groups in total. The molecule has 13 heteroatoms. The molecule has 6 atom stereocenters. The number of unbranched alkanes of at least 4 members (excludes halogenated alkanes) is 16. The van der Waals surface area contributed by atoms with Crippen LogP contribution in [0.25, 0.3) is 0 Å². The highest BCUT2D eigenvalue weighted by Crippen LogP contribution is 2.47. The molecule has 0 aromatic heterocycles. The van der Waals surface area contributed by atoms with E-state index in [1.807, 2.05) is 0 Å². The summed E-state index contributed by atoms with van der Waals surface area (Å²) < 4.78 is 34.0. The lowest BCUT2D eigenvalue weighted by atomic mass is 9.85. The Hall–Kier alpha value is -1.44. The van der Waals surface area contributed by atoms with Crippen LogP contribution in [0.15, 0.2) is 36.5 Å². The molecule has 0 aromatic carbocycles. The summed E-state index contributed by atoms with van der Waals surface area (Å²) in [6.07, 6.45) is 23.6. The predicted octanol–water partition coefficient (Wildman–Crippen LogP) is 7.53. The van der Waals surface area contributed by atoms with Crippen molar-refractivity contribution in [3.63, 3.8) is 0 Å². The van der Waals surface area contributed by atoms with Gasteiger partial charge in [-0.15, -0.1) is 0 Å². The second-order valence-electron chi connectivity index (χ2n) is 14.5. The first kappa shape index (κ1) is 50.6. The molecule has 12 nitrogen and oxygen atoms in total. The van der Waals surface area contributed by atoms with Gasteiger partial charge in [-0.3, -0.25) is 13.8 Å². The van der Waals surface area contributed by atoms with Gasteiger partial charge in [0.15, 0.2) is 0 Å². The minimum Gasteiger partial charge on any atom is -0.457 e. The molecule has 0 heterocycles. The van der Waals surface area contributed by atoms with Crippen LogP contribution in [-0.2, 0) is 27.9 Å². The summed E-state index contributed by atoms with van der Waals surface area (Å²) >= 11 is 0. The number of rotatable bonds is 34. The number of hydrogen-bond donors (Lipinski definition) is 6. The van der Waals surface area contributed by atoms with Gasteiger partial charge < -0.3 is 39.9 Å². The van der Waals surface area contributed by atoms with E-state index in [1.54, 1.807) is 0 Å². The Morgan fingerprint density at radius 1 is 0.593 bits per heavy atom. The summed E-state index contributed by atoms with van der Waals surface area (Å²) in [4.78, 5) is 23.0. The van der Waals surface area contributed by atoms with E-state index in [0.29, 0.717) is 13.0 Å². The molecule has 1 rings (SSSR count). The lowest BCUT2D eigenvalue weighted by Gasteiger charge is -2.41. The van der Waals surface area contributed by atoms with Crippen molar-refractivity contribution in [1.29, 1.82) is 0 Å². The summed E-state index contributed by atoms with van der Waals surface area (Å²) in [6, 6.07) is 0. The van der Waals surface area contributed by atoms with Crippen molar-refractivity contribution >= 4 is 13.8 Å². The van der Waals surface area contributed by atoms with Gasteiger partial charge in [0.2, 0.25) is 0 Å². The largest absolute Gasteiger partial charge is 0.472 e. The van der Waals surface area contributed by atoms with Crippen molar-refractivity contribution in [2.75, 3.05) is 19.8 Å². The van der Waals surface area contributed by atoms with E-state index in [0.717, 1.165) is 83.5 Å². The first-order chi connectivity index (χ1) is 26.0. The van der Waals surface area contributed by atoms with Gasteiger partial charge in [0.1, 0.15) is 42.7 Å². The van der Waals surface area contributed by atoms with E-state index in [9.17, 15) is 39.8 Å². The summed E-state index contributed by atoms with van der Waals surface area (Å²) in [7, 11) is -5.01. The van der Waals surface area contributed by atoms with Crippen LogP contribution in [0.5, 0.6) is 0 Å². The number of carbonyl (C=O) groups excluding carboxylic acids is 1. The number of aliphatic hydroxyl groups excluding tert-OH is 5. The van der Waals surface area contributed by atoms with E-state index in [-0.39, 0.29) is 13.0 Å². The fourth-order valence-corrected chi connectivity index (χ4v) is 7.04. The highest BCUT2D eigenvalue weighted by atomic mass is 31.2. The molecule has 0 saturated heterocycles. The Kier molecular flexibility index (Phi) is 30.6. The Morgan fingerprint density at radius 2 is 1.06 bits per heavy atom. The van der Waals surface area contributed by atoms with E-state index in [2.05, 4.69) is 50.3 Å². The zero-order valence-corrected chi connectivity index (χ0v) is 34.2. The third-order valence-electron chi connectivity index (χ3n) is 9.49. The highest BCUT2D eigenvalue weighted by molar-refractivity contribution is 7.47. The highest BCUT2D eigenvalue weighted by Gasteiger charge is 2.51. The van der Waals surface area contributed by atoms with Crippen LogP contribution in [0.4, 0.5) is 0 Å². The third-order valence-corrected chi connectivity index (χ3v) is 10.5. The van der Waals surface area contributed by atoms with Crippen LogP contribution in [0.3, 0.4) is 0 Å². The molecule has 316 valence electrons. The minimum atomic E-state index is -5.01. The molecule has 0 amide bonds. The molecule has 1 saturated carbocycles. The third kappa shape index (κ3) is 24.9. The molecule has 0 aliphatic heterocycles. The number of phosphoric acid groups is 1. The van der Waals surface area contributed by atoms with Gasteiger partial charge in [-0.2, -0.15) is 0 Å². The van der Waals surface area contributed by atoms with Crippen LogP contribution in [0.1, 0.15) is 155 Å². The topological polar surface area (TPSA) is 192 Å². The number of esters is 1. The van der Waals surface area contributed by atoms with E-state index in [4.69, 9.17) is 18.5 Å². The van der Waals surface area contributed by atoms with Crippen molar-refractivity contribution in [3.8, 4) is 0 Å². The predicted molar refractivity (Wildman–Crippen MR) is 212 cm³/mol. The maximum atomic E-state index is 12.8. The molecule has 54 heavy (non-hydrogen) atoms. The van der Waals surface area contributed by atoms with Crippen LogP contribution in [-0.4, -0.2) is 98.9 Å². The van der Waals surface area contributed by atoms with Gasteiger partial charge >= 0.3 is 13.8 Å². The number of allylic oxidation sites excluding steroid dienone is 6. The maximum Gasteiger partial charge on any atom is 0.472 e. The van der Waals surface area contributed by atoms with Crippen molar-refractivity contribution in [1.82, 2.24) is 0 Å². The molecule has 0 radical (unpaired) electrons. The molecule has 1 aliphatic carbocycles. The number of carbonyl (C=O) groups is 1. The van der Waals surface area contributed by atoms with Gasteiger partial charge in [-0.05, 0) is 64.2 Å². The molecule has 6 unspecified atom stereocenters. The summed E-state index contributed by atoms with van der Waals surface area (Å²) in [6.45, 7) is 4.14. The zero-order chi connectivity index (χ0) is 39.9. The fourth-order valence-electron chi connectivity index (χ4n) is 6.07. The van der Waals surface area contributed by atoms with Crippen LogP contribution >= 0.6 is 7.82 Å². The van der Waals surface area contributed by atoms with Crippen LogP contribution in [0.2, 0.25) is 0 Å². The Balaban J connectivity index is 2.45. The number of ether oxygens (including phenoxy) is 2. The maximum absolute atomic E-state index is 12.8. The molecule has 0 bridgehead atoms. The molecule has 0 spiro atoms. The van der Waals surface area contributed by atoms with Crippen LogP contribution < -0.4 is 0 Å². The number of phosphoric ester groups is 1. The quantitative estimate of drug-likeness (QED) is 0.0163. The Labute approximate surface area is 325 Å². The zero-order valence-electron chi connectivity index (χ0n) is 33.3. The van der Waals surface area contributed by atoms with Gasteiger partial charge in [0.05, 0.1) is 13.2 Å². The normalized spacial score (nSPS) is 23.8. The summed E-state index contributed by atoms with van der Waals surface area (Å²) in [5.74, 6) is -0.494. The molecular formula is C41H75O12P. The molecular weight excluding hydrogens is 715 g/mol. The number of aliphatic hydroxyl groups is 5. The van der Waals surface area contributed by atoms with Crippen molar-refractivity contribution in [3.05, 3.63) is 36.5 Å². The first-order valence-electron chi connectivity index (χ1n) is 20.8. The Bertz CT molecular complexity index is 1040. The minimum absolute atomic E-state index is 0.0872.